The minimum absolute atomic E-state index is 0.234. The molecule has 6 heteroatoms. The zero-order valence-electron chi connectivity index (χ0n) is 12.6. The molecule has 0 aromatic heterocycles. The SMILES string of the molecule is CCOC(=O)C(Cl)c1ccc(C(=O)OC(C)(C)C)cc1N. The first-order valence-corrected chi connectivity index (χ1v) is 7.03. The monoisotopic (exact) mass is 313 g/mol. The molecule has 0 saturated heterocycles. The van der Waals surface area contributed by atoms with Crippen LogP contribution in [0.2, 0.25) is 0 Å². The van der Waals surface area contributed by atoms with Crippen molar-refractivity contribution in [2.75, 3.05) is 12.3 Å². The summed E-state index contributed by atoms with van der Waals surface area (Å²) < 4.78 is 10.1. The molecule has 1 atom stereocenters. The molecule has 1 unspecified atom stereocenters. The van der Waals surface area contributed by atoms with E-state index in [1.165, 1.54) is 18.2 Å². The Balaban J connectivity index is 2.95. The van der Waals surface area contributed by atoms with Crippen LogP contribution < -0.4 is 5.73 Å². The normalized spacial score (nSPS) is 12.6. The number of nitrogens with two attached hydrogens (primary N) is 1. The Hall–Kier alpha value is -1.75. The van der Waals surface area contributed by atoms with E-state index >= 15 is 0 Å². The van der Waals surface area contributed by atoms with E-state index in [0.29, 0.717) is 11.1 Å². The molecule has 0 saturated carbocycles. The molecule has 0 aliphatic heterocycles. The van der Waals surface area contributed by atoms with Gasteiger partial charge in [0.05, 0.1) is 12.2 Å². The number of benzene rings is 1. The Kier molecular flexibility index (Phi) is 5.61. The number of rotatable bonds is 4. The van der Waals surface area contributed by atoms with Crippen LogP contribution in [0.25, 0.3) is 0 Å². The fraction of sp³-hybridized carbons (Fsp3) is 0.467. The van der Waals surface area contributed by atoms with Crippen LogP contribution in [0.3, 0.4) is 0 Å². The van der Waals surface area contributed by atoms with Crippen molar-refractivity contribution in [2.45, 2.75) is 38.7 Å². The largest absolute Gasteiger partial charge is 0.465 e. The summed E-state index contributed by atoms with van der Waals surface area (Å²) in [7, 11) is 0. The summed E-state index contributed by atoms with van der Waals surface area (Å²) in [5, 5.41) is -1.00. The van der Waals surface area contributed by atoms with Gasteiger partial charge in [0.2, 0.25) is 0 Å². The van der Waals surface area contributed by atoms with Gasteiger partial charge in [0, 0.05) is 11.3 Å². The molecular weight excluding hydrogens is 294 g/mol. The van der Waals surface area contributed by atoms with Gasteiger partial charge < -0.3 is 15.2 Å². The highest BCUT2D eigenvalue weighted by Crippen LogP contribution is 2.28. The van der Waals surface area contributed by atoms with E-state index in [0.717, 1.165) is 0 Å². The second-order valence-corrected chi connectivity index (χ2v) is 5.90. The van der Waals surface area contributed by atoms with E-state index in [1.54, 1.807) is 27.7 Å². The number of alkyl halides is 1. The Bertz CT molecular complexity index is 537. The molecule has 2 N–H and O–H groups in total. The Labute approximate surface area is 129 Å². The predicted molar refractivity (Wildman–Crippen MR) is 81.2 cm³/mol. The Morgan fingerprint density at radius 3 is 2.43 bits per heavy atom. The Morgan fingerprint density at radius 2 is 1.95 bits per heavy atom. The van der Waals surface area contributed by atoms with E-state index in [1.807, 2.05) is 0 Å². The molecule has 0 radical (unpaired) electrons. The highest BCUT2D eigenvalue weighted by Gasteiger charge is 2.23. The van der Waals surface area contributed by atoms with Crippen molar-refractivity contribution in [1.82, 2.24) is 0 Å². The number of halogens is 1. The average molecular weight is 314 g/mol. The lowest BCUT2D eigenvalue weighted by Crippen LogP contribution is -2.24. The quantitative estimate of drug-likeness (QED) is 0.525. The number of anilines is 1. The van der Waals surface area contributed by atoms with Crippen LogP contribution in [0.4, 0.5) is 5.69 Å². The van der Waals surface area contributed by atoms with Gasteiger partial charge in [-0.2, -0.15) is 0 Å². The first-order chi connectivity index (χ1) is 9.65. The molecule has 1 rings (SSSR count). The summed E-state index contributed by atoms with van der Waals surface area (Å²) >= 11 is 6.01. The standard InChI is InChI=1S/C15H20ClNO4/c1-5-20-14(19)12(16)10-7-6-9(8-11(10)17)13(18)21-15(2,3)4/h6-8,12H,5,17H2,1-4H3. The third-order valence-electron chi connectivity index (χ3n) is 2.49. The molecule has 0 amide bonds. The maximum absolute atomic E-state index is 11.9. The van der Waals surface area contributed by atoms with Crippen molar-refractivity contribution in [3.05, 3.63) is 29.3 Å². The first kappa shape index (κ1) is 17.3. The minimum atomic E-state index is -1.00. The van der Waals surface area contributed by atoms with Crippen LogP contribution >= 0.6 is 11.6 Å². The zero-order valence-corrected chi connectivity index (χ0v) is 13.4. The molecule has 0 heterocycles. The summed E-state index contributed by atoms with van der Waals surface area (Å²) in [6.45, 7) is 7.25. The number of hydrogen-bond acceptors (Lipinski definition) is 5. The van der Waals surface area contributed by atoms with Crippen molar-refractivity contribution in [3.63, 3.8) is 0 Å². The van der Waals surface area contributed by atoms with Crippen LogP contribution in [-0.4, -0.2) is 24.1 Å². The van der Waals surface area contributed by atoms with Crippen molar-refractivity contribution in [3.8, 4) is 0 Å². The van der Waals surface area contributed by atoms with E-state index in [9.17, 15) is 9.59 Å². The van der Waals surface area contributed by atoms with Crippen molar-refractivity contribution >= 4 is 29.2 Å². The second-order valence-electron chi connectivity index (χ2n) is 5.46. The van der Waals surface area contributed by atoms with Crippen molar-refractivity contribution in [2.24, 2.45) is 0 Å². The molecule has 0 bridgehead atoms. The number of esters is 2. The van der Waals surface area contributed by atoms with Gasteiger partial charge in [-0.1, -0.05) is 6.07 Å². The maximum atomic E-state index is 11.9. The van der Waals surface area contributed by atoms with Crippen molar-refractivity contribution in [1.29, 1.82) is 0 Å². The summed E-state index contributed by atoms with van der Waals surface area (Å²) in [6.07, 6.45) is 0. The molecule has 0 aliphatic carbocycles. The van der Waals surface area contributed by atoms with Gasteiger partial charge >= 0.3 is 11.9 Å². The van der Waals surface area contributed by atoms with E-state index < -0.39 is 22.9 Å². The average Bonchev–Trinajstić information content (AvgIpc) is 2.36. The predicted octanol–water partition coefficient (Wildman–Crippen LogP) is 3.07. The lowest BCUT2D eigenvalue weighted by atomic mass is 10.1. The highest BCUT2D eigenvalue weighted by molar-refractivity contribution is 6.30. The molecule has 116 valence electrons. The maximum Gasteiger partial charge on any atom is 0.338 e. The lowest BCUT2D eigenvalue weighted by Gasteiger charge is -2.20. The molecule has 1 aromatic carbocycles. The smallest absolute Gasteiger partial charge is 0.338 e. The molecular formula is C15H20ClNO4. The van der Waals surface area contributed by atoms with Gasteiger partial charge in [0.25, 0.3) is 0 Å². The molecule has 5 nitrogen and oxygen atoms in total. The molecule has 21 heavy (non-hydrogen) atoms. The zero-order chi connectivity index (χ0) is 16.2. The molecule has 0 fully saturated rings. The van der Waals surface area contributed by atoms with Gasteiger partial charge in [-0.25, -0.2) is 4.79 Å². The number of nitrogen functional groups attached to an aromatic ring is 1. The first-order valence-electron chi connectivity index (χ1n) is 6.59. The molecule has 0 spiro atoms. The number of carbonyl (C=O) groups is 2. The third kappa shape index (κ3) is 4.93. The van der Waals surface area contributed by atoms with Gasteiger partial charge in [-0.3, -0.25) is 4.79 Å². The number of ether oxygens (including phenoxy) is 2. The summed E-state index contributed by atoms with van der Waals surface area (Å²) in [4.78, 5) is 23.5. The fourth-order valence-electron chi connectivity index (χ4n) is 1.61. The second kappa shape index (κ2) is 6.80. The van der Waals surface area contributed by atoms with Crippen molar-refractivity contribution < 1.29 is 19.1 Å². The number of hydrogen-bond donors (Lipinski definition) is 1. The van der Waals surface area contributed by atoms with E-state index in [-0.39, 0.29) is 12.3 Å². The van der Waals surface area contributed by atoms with Gasteiger partial charge in [0.1, 0.15) is 5.60 Å². The highest BCUT2D eigenvalue weighted by atomic mass is 35.5. The van der Waals surface area contributed by atoms with Crippen LogP contribution in [0.5, 0.6) is 0 Å². The summed E-state index contributed by atoms with van der Waals surface area (Å²) in [5.74, 6) is -1.06. The number of carbonyl (C=O) groups excluding carboxylic acids is 2. The fourth-order valence-corrected chi connectivity index (χ4v) is 1.87. The molecule has 0 aliphatic rings. The van der Waals surface area contributed by atoms with Crippen LogP contribution in [-0.2, 0) is 14.3 Å². The van der Waals surface area contributed by atoms with Gasteiger partial charge in [0.15, 0.2) is 5.38 Å². The van der Waals surface area contributed by atoms with Crippen LogP contribution in [0, 0.1) is 0 Å². The Morgan fingerprint density at radius 1 is 1.33 bits per heavy atom. The van der Waals surface area contributed by atoms with E-state index in [2.05, 4.69) is 0 Å². The topological polar surface area (TPSA) is 78.6 Å². The summed E-state index contributed by atoms with van der Waals surface area (Å²) in [5.41, 5.74) is 6.22. The van der Waals surface area contributed by atoms with Crippen LogP contribution in [0.1, 0.15) is 49.0 Å². The van der Waals surface area contributed by atoms with Gasteiger partial charge in [-0.05, 0) is 39.8 Å². The van der Waals surface area contributed by atoms with E-state index in [4.69, 9.17) is 26.8 Å². The minimum Gasteiger partial charge on any atom is -0.465 e. The van der Waals surface area contributed by atoms with Gasteiger partial charge in [-0.15, -0.1) is 11.6 Å². The lowest BCUT2D eigenvalue weighted by molar-refractivity contribution is -0.142. The summed E-state index contributed by atoms with van der Waals surface area (Å²) in [6, 6.07) is 4.50. The molecule has 1 aromatic rings. The third-order valence-corrected chi connectivity index (χ3v) is 2.90. The van der Waals surface area contributed by atoms with Crippen LogP contribution in [0.15, 0.2) is 18.2 Å².